The standard InChI is InChI=1S/C20H24N2O4S/c1-3-26-20(24)15-16(21)18(27-19(15)22-13-6-4-5-7-13)17(23)12-8-10-14(25-2)11-9-12/h8-11,13,22H,3-7,21H2,1-2H3. The van der Waals surface area contributed by atoms with E-state index >= 15 is 0 Å². The van der Waals surface area contributed by atoms with E-state index in [2.05, 4.69) is 5.32 Å². The molecule has 0 bridgehead atoms. The number of carbonyl (C=O) groups excluding carboxylic acids is 2. The molecule has 0 unspecified atom stereocenters. The number of hydrogen-bond donors (Lipinski definition) is 2. The summed E-state index contributed by atoms with van der Waals surface area (Å²) in [5, 5.41) is 4.02. The lowest BCUT2D eigenvalue weighted by Gasteiger charge is -2.13. The molecular weight excluding hydrogens is 364 g/mol. The predicted molar refractivity (Wildman–Crippen MR) is 107 cm³/mol. The summed E-state index contributed by atoms with van der Waals surface area (Å²) in [6, 6.07) is 7.12. The van der Waals surface area contributed by atoms with Crippen molar-refractivity contribution in [1.29, 1.82) is 0 Å². The Morgan fingerprint density at radius 3 is 2.48 bits per heavy atom. The fourth-order valence-corrected chi connectivity index (χ4v) is 4.40. The minimum Gasteiger partial charge on any atom is -0.497 e. The summed E-state index contributed by atoms with van der Waals surface area (Å²) in [6.07, 6.45) is 4.40. The van der Waals surface area contributed by atoms with E-state index in [0.717, 1.165) is 25.7 Å². The molecule has 0 radical (unpaired) electrons. The Morgan fingerprint density at radius 2 is 1.89 bits per heavy atom. The van der Waals surface area contributed by atoms with Crippen LogP contribution in [0.4, 0.5) is 10.7 Å². The Kier molecular flexibility index (Phi) is 6.01. The number of esters is 1. The van der Waals surface area contributed by atoms with Gasteiger partial charge in [-0.1, -0.05) is 12.8 Å². The van der Waals surface area contributed by atoms with Crippen molar-refractivity contribution < 1.29 is 19.1 Å². The lowest BCUT2D eigenvalue weighted by molar-refractivity contribution is 0.0529. The maximum absolute atomic E-state index is 13.0. The Morgan fingerprint density at radius 1 is 1.22 bits per heavy atom. The lowest BCUT2D eigenvalue weighted by atomic mass is 10.1. The molecule has 3 N–H and O–H groups in total. The molecule has 6 nitrogen and oxygen atoms in total. The van der Waals surface area contributed by atoms with Crippen LogP contribution in [0.1, 0.15) is 58.2 Å². The molecule has 27 heavy (non-hydrogen) atoms. The van der Waals surface area contributed by atoms with E-state index in [1.807, 2.05) is 0 Å². The molecule has 1 aromatic carbocycles. The van der Waals surface area contributed by atoms with E-state index in [4.69, 9.17) is 15.2 Å². The molecule has 2 aromatic rings. The quantitative estimate of drug-likeness (QED) is 0.548. The molecule has 0 saturated heterocycles. The smallest absolute Gasteiger partial charge is 0.343 e. The van der Waals surface area contributed by atoms with Gasteiger partial charge in [-0.3, -0.25) is 4.79 Å². The van der Waals surface area contributed by atoms with Crippen molar-refractivity contribution in [3.05, 3.63) is 40.3 Å². The number of nitrogen functional groups attached to an aromatic ring is 1. The molecule has 7 heteroatoms. The summed E-state index contributed by atoms with van der Waals surface area (Å²) >= 11 is 1.22. The highest BCUT2D eigenvalue weighted by Gasteiger charge is 2.29. The van der Waals surface area contributed by atoms with Crippen LogP contribution in [-0.4, -0.2) is 31.5 Å². The maximum Gasteiger partial charge on any atom is 0.343 e. The van der Waals surface area contributed by atoms with Gasteiger partial charge in [-0.15, -0.1) is 11.3 Å². The van der Waals surface area contributed by atoms with Gasteiger partial charge in [0.15, 0.2) is 0 Å². The fourth-order valence-electron chi connectivity index (χ4n) is 3.25. The van der Waals surface area contributed by atoms with Crippen molar-refractivity contribution in [2.75, 3.05) is 24.8 Å². The third-order valence-corrected chi connectivity index (χ3v) is 5.81. The number of nitrogens with two attached hydrogens (primary N) is 1. The average Bonchev–Trinajstić information content (AvgIpc) is 3.29. The average molecular weight is 388 g/mol. The van der Waals surface area contributed by atoms with Crippen LogP contribution >= 0.6 is 11.3 Å². The molecule has 0 spiro atoms. The highest BCUT2D eigenvalue weighted by atomic mass is 32.1. The minimum absolute atomic E-state index is 0.180. The zero-order valence-corrected chi connectivity index (χ0v) is 16.4. The summed E-state index contributed by atoms with van der Waals surface area (Å²) in [5.41, 5.74) is 7.17. The summed E-state index contributed by atoms with van der Waals surface area (Å²) < 4.78 is 10.3. The monoisotopic (exact) mass is 388 g/mol. The molecule has 1 heterocycles. The van der Waals surface area contributed by atoms with Gasteiger partial charge in [0.2, 0.25) is 5.78 Å². The molecular formula is C20H24N2O4S. The first kappa shape index (κ1) is 19.2. The van der Waals surface area contributed by atoms with E-state index < -0.39 is 5.97 Å². The molecule has 1 saturated carbocycles. The number of thiophene rings is 1. The molecule has 1 aliphatic rings. The molecule has 0 amide bonds. The van der Waals surface area contributed by atoms with Crippen LogP contribution in [0.3, 0.4) is 0 Å². The van der Waals surface area contributed by atoms with E-state index in [-0.39, 0.29) is 23.6 Å². The van der Waals surface area contributed by atoms with Crippen LogP contribution in [0.5, 0.6) is 5.75 Å². The predicted octanol–water partition coefficient (Wildman–Crippen LogP) is 4.10. The first-order valence-corrected chi connectivity index (χ1v) is 9.91. The number of rotatable bonds is 7. The molecule has 0 atom stereocenters. The number of ether oxygens (including phenoxy) is 2. The third-order valence-electron chi connectivity index (χ3n) is 4.67. The summed E-state index contributed by atoms with van der Waals surface area (Å²) in [6.45, 7) is 1.99. The highest BCUT2D eigenvalue weighted by molar-refractivity contribution is 7.19. The van der Waals surface area contributed by atoms with Crippen LogP contribution in [0.15, 0.2) is 24.3 Å². The minimum atomic E-state index is -0.500. The second-order valence-corrected chi connectivity index (χ2v) is 7.47. The van der Waals surface area contributed by atoms with Crippen molar-refractivity contribution in [3.63, 3.8) is 0 Å². The largest absolute Gasteiger partial charge is 0.497 e. The number of hydrogen-bond acceptors (Lipinski definition) is 7. The lowest BCUT2D eigenvalue weighted by Crippen LogP contribution is -2.17. The van der Waals surface area contributed by atoms with E-state index in [1.165, 1.54) is 11.3 Å². The van der Waals surface area contributed by atoms with Crippen molar-refractivity contribution >= 4 is 33.8 Å². The molecule has 1 fully saturated rings. The number of anilines is 2. The van der Waals surface area contributed by atoms with Crippen LogP contribution in [0, 0.1) is 0 Å². The number of carbonyl (C=O) groups is 2. The number of ketones is 1. The number of nitrogens with one attached hydrogen (secondary N) is 1. The zero-order valence-electron chi connectivity index (χ0n) is 15.5. The van der Waals surface area contributed by atoms with Crippen molar-refractivity contribution in [3.8, 4) is 5.75 Å². The van der Waals surface area contributed by atoms with Gasteiger partial charge >= 0.3 is 5.97 Å². The van der Waals surface area contributed by atoms with Gasteiger partial charge in [-0.05, 0) is 44.0 Å². The van der Waals surface area contributed by atoms with Gasteiger partial charge in [-0.25, -0.2) is 4.79 Å². The summed E-state index contributed by atoms with van der Waals surface area (Å²) in [4.78, 5) is 25.8. The van der Waals surface area contributed by atoms with Gasteiger partial charge in [0.05, 0.1) is 19.4 Å². The Labute approximate surface area is 162 Å². The van der Waals surface area contributed by atoms with Crippen LogP contribution < -0.4 is 15.8 Å². The molecule has 3 rings (SSSR count). The van der Waals surface area contributed by atoms with Crippen molar-refractivity contribution in [2.24, 2.45) is 0 Å². The van der Waals surface area contributed by atoms with E-state index in [9.17, 15) is 9.59 Å². The maximum atomic E-state index is 13.0. The highest BCUT2D eigenvalue weighted by Crippen LogP contribution is 2.39. The summed E-state index contributed by atoms with van der Waals surface area (Å²) in [7, 11) is 1.57. The molecule has 0 aliphatic heterocycles. The first-order valence-electron chi connectivity index (χ1n) is 9.09. The molecule has 1 aliphatic carbocycles. The second kappa shape index (κ2) is 8.43. The fraction of sp³-hybridized carbons (Fsp3) is 0.400. The van der Waals surface area contributed by atoms with Crippen LogP contribution in [-0.2, 0) is 4.74 Å². The normalized spacial score (nSPS) is 14.1. The Hall–Kier alpha value is -2.54. The number of benzene rings is 1. The van der Waals surface area contributed by atoms with Gasteiger partial charge in [-0.2, -0.15) is 0 Å². The summed E-state index contributed by atoms with van der Waals surface area (Å²) in [5.74, 6) is -0.0489. The Bertz CT molecular complexity index is 823. The Balaban J connectivity index is 1.96. The first-order chi connectivity index (χ1) is 13.0. The van der Waals surface area contributed by atoms with Gasteiger partial charge < -0.3 is 20.5 Å². The van der Waals surface area contributed by atoms with Gasteiger partial charge in [0, 0.05) is 11.6 Å². The zero-order chi connectivity index (χ0) is 19.4. The van der Waals surface area contributed by atoms with Gasteiger partial charge in [0.1, 0.15) is 21.2 Å². The third kappa shape index (κ3) is 4.08. The molecule has 144 valence electrons. The molecule has 1 aromatic heterocycles. The topological polar surface area (TPSA) is 90.6 Å². The van der Waals surface area contributed by atoms with Crippen molar-refractivity contribution in [1.82, 2.24) is 0 Å². The van der Waals surface area contributed by atoms with Crippen LogP contribution in [0.25, 0.3) is 0 Å². The van der Waals surface area contributed by atoms with Crippen LogP contribution in [0.2, 0.25) is 0 Å². The SMILES string of the molecule is CCOC(=O)c1c(NC2CCCC2)sc(C(=O)c2ccc(OC)cc2)c1N. The number of methoxy groups -OCH3 is 1. The van der Waals surface area contributed by atoms with Crippen molar-refractivity contribution in [2.45, 2.75) is 38.6 Å². The van der Waals surface area contributed by atoms with E-state index in [1.54, 1.807) is 38.3 Å². The van der Waals surface area contributed by atoms with E-state index in [0.29, 0.717) is 27.2 Å². The second-order valence-electron chi connectivity index (χ2n) is 6.45. The van der Waals surface area contributed by atoms with Gasteiger partial charge in [0.25, 0.3) is 0 Å².